The number of fused-ring (bicyclic) bond motifs is 3. The van der Waals surface area contributed by atoms with Crippen LogP contribution in [0.4, 0.5) is 5.69 Å². The zero-order valence-electron chi connectivity index (χ0n) is 12.0. The number of rotatable bonds is 2. The van der Waals surface area contributed by atoms with Crippen LogP contribution in [-0.2, 0) is 4.74 Å². The van der Waals surface area contributed by atoms with E-state index in [2.05, 4.69) is 34.6 Å². The van der Waals surface area contributed by atoms with Crippen LogP contribution in [0.2, 0.25) is 0 Å². The molecule has 4 rings (SSSR count). The van der Waals surface area contributed by atoms with E-state index in [1.165, 1.54) is 11.1 Å². The van der Waals surface area contributed by atoms with Crippen LogP contribution in [0.3, 0.4) is 0 Å². The van der Waals surface area contributed by atoms with E-state index in [1.54, 1.807) is 7.11 Å². The molecule has 0 bridgehead atoms. The number of methoxy groups -OCH3 is 1. The molecule has 1 fully saturated rings. The first-order chi connectivity index (χ1) is 10.4. The average molecular weight is 282 g/mol. The lowest BCUT2D eigenvalue weighted by Crippen LogP contribution is -2.29. The first kappa shape index (κ1) is 12.7. The van der Waals surface area contributed by atoms with Crippen LogP contribution in [0.25, 0.3) is 0 Å². The number of ether oxygens (including phenoxy) is 2. The first-order valence-electron chi connectivity index (χ1n) is 7.33. The lowest BCUT2D eigenvalue weighted by molar-refractivity contribution is 0.0827. The van der Waals surface area contributed by atoms with E-state index in [0.717, 1.165) is 24.5 Å². The van der Waals surface area contributed by atoms with E-state index in [4.69, 9.17) is 9.47 Å². The topological polar surface area (TPSA) is 43.4 Å². The monoisotopic (exact) mass is 282 g/mol. The van der Waals surface area contributed by atoms with Gasteiger partial charge in [0.15, 0.2) is 0 Å². The van der Waals surface area contributed by atoms with Crippen LogP contribution in [0.1, 0.15) is 29.7 Å². The molecule has 3 heterocycles. The smallest absolute Gasteiger partial charge is 0.119 e. The normalized spacial score (nSPS) is 26.6. The molecule has 0 amide bonds. The molecule has 0 unspecified atom stereocenters. The number of anilines is 1. The fourth-order valence-electron chi connectivity index (χ4n) is 3.48. The average Bonchev–Trinajstić information content (AvgIpc) is 3.04. The Bertz CT molecular complexity index is 644. The number of hydrogen-bond donors (Lipinski definition) is 1. The molecular formula is C17H18N2O2. The van der Waals surface area contributed by atoms with Crippen molar-refractivity contribution in [2.75, 3.05) is 19.0 Å². The van der Waals surface area contributed by atoms with E-state index >= 15 is 0 Å². The number of aromatic nitrogens is 1. The van der Waals surface area contributed by atoms with Crippen molar-refractivity contribution in [3.05, 3.63) is 53.9 Å². The summed E-state index contributed by atoms with van der Waals surface area (Å²) < 4.78 is 11.4. The molecule has 0 aliphatic carbocycles. The molecule has 2 aliphatic heterocycles. The molecule has 0 radical (unpaired) electrons. The summed E-state index contributed by atoms with van der Waals surface area (Å²) in [5, 5.41) is 3.67. The Morgan fingerprint density at radius 1 is 1.24 bits per heavy atom. The van der Waals surface area contributed by atoms with E-state index in [1.807, 2.05) is 18.5 Å². The Morgan fingerprint density at radius 3 is 2.90 bits per heavy atom. The Morgan fingerprint density at radius 2 is 2.10 bits per heavy atom. The van der Waals surface area contributed by atoms with Crippen LogP contribution in [0, 0.1) is 5.92 Å². The van der Waals surface area contributed by atoms with Crippen LogP contribution >= 0.6 is 0 Å². The summed E-state index contributed by atoms with van der Waals surface area (Å²) >= 11 is 0. The summed E-state index contributed by atoms with van der Waals surface area (Å²) in [5.41, 5.74) is 3.62. The van der Waals surface area contributed by atoms with Crippen molar-refractivity contribution in [2.24, 2.45) is 5.92 Å². The summed E-state index contributed by atoms with van der Waals surface area (Å²) in [7, 11) is 1.70. The Hall–Kier alpha value is -2.07. The minimum atomic E-state index is 0.148. The molecule has 0 saturated carbocycles. The van der Waals surface area contributed by atoms with Crippen LogP contribution < -0.4 is 10.1 Å². The van der Waals surface area contributed by atoms with Gasteiger partial charge in [0.2, 0.25) is 0 Å². The molecule has 1 aromatic carbocycles. The van der Waals surface area contributed by atoms with Gasteiger partial charge in [-0.3, -0.25) is 4.98 Å². The van der Waals surface area contributed by atoms with Crippen molar-refractivity contribution >= 4 is 5.69 Å². The molecular weight excluding hydrogens is 264 g/mol. The summed E-state index contributed by atoms with van der Waals surface area (Å²) in [6, 6.07) is 10.6. The molecule has 1 aromatic heterocycles. The van der Waals surface area contributed by atoms with Gasteiger partial charge in [-0.15, -0.1) is 0 Å². The van der Waals surface area contributed by atoms with Crippen molar-refractivity contribution in [1.29, 1.82) is 0 Å². The second-order valence-electron chi connectivity index (χ2n) is 5.60. The van der Waals surface area contributed by atoms with Gasteiger partial charge in [0.05, 0.1) is 19.3 Å². The molecule has 21 heavy (non-hydrogen) atoms. The predicted molar refractivity (Wildman–Crippen MR) is 80.4 cm³/mol. The zero-order chi connectivity index (χ0) is 14.2. The molecule has 0 spiro atoms. The Balaban J connectivity index is 1.77. The summed E-state index contributed by atoms with van der Waals surface area (Å²) in [6.45, 7) is 0.815. The van der Waals surface area contributed by atoms with Crippen LogP contribution in [0.5, 0.6) is 5.75 Å². The highest BCUT2D eigenvalue weighted by molar-refractivity contribution is 5.59. The van der Waals surface area contributed by atoms with Crippen molar-refractivity contribution in [3.8, 4) is 5.75 Å². The third-order valence-electron chi connectivity index (χ3n) is 4.51. The summed E-state index contributed by atoms with van der Waals surface area (Å²) in [6.07, 6.45) is 4.92. The SMILES string of the molecule is COc1ccc2c(c1)[C@H]1OCC[C@H]1[C@@H](c1ccncc1)N2. The molecule has 4 nitrogen and oxygen atoms in total. The largest absolute Gasteiger partial charge is 0.497 e. The highest BCUT2D eigenvalue weighted by Gasteiger charge is 2.41. The zero-order valence-corrected chi connectivity index (χ0v) is 12.0. The van der Waals surface area contributed by atoms with Gasteiger partial charge in [-0.2, -0.15) is 0 Å². The van der Waals surface area contributed by atoms with E-state index in [9.17, 15) is 0 Å². The van der Waals surface area contributed by atoms with Gasteiger partial charge in [0.1, 0.15) is 5.75 Å². The predicted octanol–water partition coefficient (Wildman–Crippen LogP) is 3.33. The first-order valence-corrected chi connectivity index (χ1v) is 7.33. The maximum absolute atomic E-state index is 6.02. The van der Waals surface area contributed by atoms with Gasteiger partial charge in [-0.05, 0) is 42.3 Å². The molecule has 2 aliphatic rings. The molecule has 1 N–H and O–H groups in total. The molecule has 4 heteroatoms. The van der Waals surface area contributed by atoms with Crippen molar-refractivity contribution in [1.82, 2.24) is 4.98 Å². The third-order valence-corrected chi connectivity index (χ3v) is 4.51. The highest BCUT2D eigenvalue weighted by Crippen LogP contribution is 2.50. The molecule has 2 aromatic rings. The summed E-state index contributed by atoms with van der Waals surface area (Å²) in [5.74, 6) is 1.33. The van der Waals surface area contributed by atoms with Gasteiger partial charge in [-0.1, -0.05) is 0 Å². The fourth-order valence-corrected chi connectivity index (χ4v) is 3.48. The Labute approximate surface area is 124 Å². The van der Waals surface area contributed by atoms with Gasteiger partial charge < -0.3 is 14.8 Å². The highest BCUT2D eigenvalue weighted by atomic mass is 16.5. The third kappa shape index (κ3) is 2.07. The number of nitrogens with zero attached hydrogens (tertiary/aromatic N) is 1. The maximum Gasteiger partial charge on any atom is 0.119 e. The maximum atomic E-state index is 6.02. The van der Waals surface area contributed by atoms with E-state index in [0.29, 0.717) is 5.92 Å². The Kier molecular flexibility index (Phi) is 3.04. The quantitative estimate of drug-likeness (QED) is 0.917. The lowest BCUT2D eigenvalue weighted by Gasteiger charge is -2.36. The van der Waals surface area contributed by atoms with Gasteiger partial charge >= 0.3 is 0 Å². The number of nitrogens with one attached hydrogen (secondary N) is 1. The van der Waals surface area contributed by atoms with Crippen molar-refractivity contribution in [2.45, 2.75) is 18.6 Å². The fraction of sp³-hybridized carbons (Fsp3) is 0.353. The minimum absolute atomic E-state index is 0.148. The lowest BCUT2D eigenvalue weighted by atomic mass is 9.81. The molecule has 108 valence electrons. The van der Waals surface area contributed by atoms with E-state index in [-0.39, 0.29) is 12.1 Å². The molecule has 3 atom stereocenters. The van der Waals surface area contributed by atoms with Crippen molar-refractivity contribution < 1.29 is 9.47 Å². The number of benzene rings is 1. The minimum Gasteiger partial charge on any atom is -0.497 e. The van der Waals surface area contributed by atoms with Gasteiger partial charge in [0, 0.05) is 36.2 Å². The summed E-state index contributed by atoms with van der Waals surface area (Å²) in [4.78, 5) is 4.12. The second-order valence-corrected chi connectivity index (χ2v) is 5.60. The van der Waals surface area contributed by atoms with Crippen LogP contribution in [-0.4, -0.2) is 18.7 Å². The standard InChI is InChI=1S/C17H18N2O2/c1-20-12-2-3-15-14(10-12)17-13(6-9-21-17)16(19-15)11-4-7-18-8-5-11/h2-5,7-8,10,13,16-17,19H,6,9H2,1H3/t13-,16+,17-/m0/s1. The van der Waals surface area contributed by atoms with Crippen molar-refractivity contribution in [3.63, 3.8) is 0 Å². The van der Waals surface area contributed by atoms with E-state index < -0.39 is 0 Å². The molecule has 1 saturated heterocycles. The van der Waals surface area contributed by atoms with Gasteiger partial charge in [0.25, 0.3) is 0 Å². The van der Waals surface area contributed by atoms with Gasteiger partial charge in [-0.25, -0.2) is 0 Å². The number of pyridine rings is 1. The number of hydrogen-bond acceptors (Lipinski definition) is 4. The second kappa shape index (κ2) is 5.04. The van der Waals surface area contributed by atoms with Crippen LogP contribution in [0.15, 0.2) is 42.7 Å².